The molecule has 0 radical (unpaired) electrons. The lowest BCUT2D eigenvalue weighted by Gasteiger charge is -2.30. The van der Waals surface area contributed by atoms with Gasteiger partial charge in [-0.3, -0.25) is 13.9 Å². The lowest BCUT2D eigenvalue weighted by Crippen LogP contribution is -2.40. The largest absolute Gasteiger partial charge is 0.368 e. The predicted octanol–water partition coefficient (Wildman–Crippen LogP) is 3.84. The summed E-state index contributed by atoms with van der Waals surface area (Å²) < 4.78 is 54.1. The highest BCUT2D eigenvalue weighted by Crippen LogP contribution is 2.25. The zero-order chi connectivity index (χ0) is 23.5. The van der Waals surface area contributed by atoms with Crippen LogP contribution in [-0.4, -0.2) is 50.1 Å². The van der Waals surface area contributed by atoms with Gasteiger partial charge in [-0.15, -0.1) is 0 Å². The lowest BCUT2D eigenvalue weighted by molar-refractivity contribution is 0.0927. The van der Waals surface area contributed by atoms with Crippen LogP contribution in [0.3, 0.4) is 0 Å². The van der Waals surface area contributed by atoms with Crippen molar-refractivity contribution < 1.29 is 22.4 Å². The van der Waals surface area contributed by atoms with E-state index in [0.29, 0.717) is 24.3 Å². The highest BCUT2D eigenvalue weighted by atomic mass is 19.3. The molecule has 0 saturated heterocycles. The summed E-state index contributed by atoms with van der Waals surface area (Å²) in [4.78, 5) is 16.6. The quantitative estimate of drug-likeness (QED) is 0.438. The fourth-order valence-electron chi connectivity index (χ4n) is 4.09. The predicted molar refractivity (Wildman–Crippen MR) is 115 cm³/mol. The zero-order valence-corrected chi connectivity index (χ0v) is 17.9. The Morgan fingerprint density at radius 3 is 2.58 bits per heavy atom. The number of aromatic nitrogens is 4. The maximum Gasteiger partial charge on any atom is 0.281 e. The van der Waals surface area contributed by atoms with Crippen LogP contribution in [0.1, 0.15) is 48.2 Å². The van der Waals surface area contributed by atoms with Crippen molar-refractivity contribution in [2.75, 3.05) is 17.2 Å². The first-order valence-electron chi connectivity index (χ1n) is 10.7. The summed E-state index contributed by atoms with van der Waals surface area (Å²) in [6, 6.07) is 5.30. The van der Waals surface area contributed by atoms with Gasteiger partial charge in [0.1, 0.15) is 28.5 Å². The van der Waals surface area contributed by atoms with E-state index in [2.05, 4.69) is 26.0 Å². The summed E-state index contributed by atoms with van der Waals surface area (Å²) in [5.74, 6) is 0.572. The van der Waals surface area contributed by atoms with Gasteiger partial charge in [-0.05, 0) is 37.8 Å². The second-order valence-corrected chi connectivity index (χ2v) is 8.07. The van der Waals surface area contributed by atoms with Gasteiger partial charge in [0.2, 0.25) is 0 Å². The minimum Gasteiger partial charge on any atom is -0.368 e. The number of rotatable bonds is 8. The van der Waals surface area contributed by atoms with E-state index in [4.69, 9.17) is 0 Å². The van der Waals surface area contributed by atoms with Crippen LogP contribution >= 0.6 is 0 Å². The molecule has 1 amide bonds. The maximum atomic E-state index is 13.0. The molecule has 0 aromatic carbocycles. The normalized spacial score (nSPS) is 18.8. The second kappa shape index (κ2) is 9.67. The minimum absolute atomic E-state index is 0.0619. The summed E-state index contributed by atoms with van der Waals surface area (Å²) in [5.41, 5.74) is 0.400. The average molecular weight is 467 g/mol. The number of hydrogen-bond donors (Lipinski definition) is 3. The Bertz CT molecular complexity index is 1110. The van der Waals surface area contributed by atoms with E-state index in [1.807, 2.05) is 6.07 Å². The Kier molecular flexibility index (Phi) is 6.70. The molecule has 0 spiro atoms. The molecule has 1 fully saturated rings. The van der Waals surface area contributed by atoms with Crippen molar-refractivity contribution in [3.05, 3.63) is 41.9 Å². The highest BCUT2D eigenvalue weighted by Gasteiger charge is 2.25. The van der Waals surface area contributed by atoms with Gasteiger partial charge >= 0.3 is 0 Å². The van der Waals surface area contributed by atoms with E-state index in [-0.39, 0.29) is 35.1 Å². The van der Waals surface area contributed by atoms with Crippen LogP contribution in [0.2, 0.25) is 0 Å². The first-order valence-corrected chi connectivity index (χ1v) is 10.7. The third-order valence-electron chi connectivity index (χ3n) is 5.76. The third-order valence-corrected chi connectivity index (χ3v) is 5.76. The van der Waals surface area contributed by atoms with E-state index < -0.39 is 19.4 Å². The Labute approximate surface area is 187 Å². The van der Waals surface area contributed by atoms with Gasteiger partial charge in [-0.25, -0.2) is 22.5 Å². The molecule has 0 aliphatic heterocycles. The van der Waals surface area contributed by atoms with Crippen LogP contribution in [0.15, 0.2) is 30.6 Å². The summed E-state index contributed by atoms with van der Waals surface area (Å²) in [7, 11) is 1.58. The number of fused-ring (bicyclic) bond motifs is 1. The maximum absolute atomic E-state index is 13.0. The number of nitrogens with one attached hydrogen (secondary N) is 3. The molecule has 3 aromatic rings. The van der Waals surface area contributed by atoms with E-state index >= 15 is 0 Å². The molecule has 1 aliphatic carbocycles. The van der Waals surface area contributed by atoms with Gasteiger partial charge in [0.15, 0.2) is 0 Å². The first-order chi connectivity index (χ1) is 15.8. The summed E-state index contributed by atoms with van der Waals surface area (Å²) in [6.45, 7) is -0.570. The lowest BCUT2D eigenvalue weighted by atomic mass is 9.91. The summed E-state index contributed by atoms with van der Waals surface area (Å²) in [6.07, 6.45) is 0.466. The molecule has 8 nitrogen and oxygen atoms in total. The Morgan fingerprint density at radius 1 is 1.15 bits per heavy atom. The molecule has 0 atom stereocenters. The molecule has 4 rings (SSSR count). The molecule has 3 heterocycles. The Balaban J connectivity index is 1.34. The number of alkyl halides is 4. The number of hydrogen-bond acceptors (Lipinski definition) is 5. The SMILES string of the molecule is Cn1ncc(C(=O)NC2CCC(Nc3cccc4nc(C(F)F)cn34)CC2)c1NCC(F)F. The molecule has 0 bridgehead atoms. The van der Waals surface area contributed by atoms with Crippen molar-refractivity contribution in [1.82, 2.24) is 24.5 Å². The Morgan fingerprint density at radius 2 is 1.88 bits per heavy atom. The monoisotopic (exact) mass is 467 g/mol. The average Bonchev–Trinajstić information content (AvgIpc) is 3.38. The summed E-state index contributed by atoms with van der Waals surface area (Å²) >= 11 is 0. The molecule has 3 aromatic heterocycles. The van der Waals surface area contributed by atoms with Crippen LogP contribution in [-0.2, 0) is 7.05 Å². The van der Waals surface area contributed by atoms with Crippen LogP contribution in [0.25, 0.3) is 5.65 Å². The van der Waals surface area contributed by atoms with Crippen LogP contribution < -0.4 is 16.0 Å². The number of imidazole rings is 1. The number of halogens is 4. The molecule has 12 heteroatoms. The molecule has 33 heavy (non-hydrogen) atoms. The van der Waals surface area contributed by atoms with Crippen LogP contribution in [0.5, 0.6) is 0 Å². The van der Waals surface area contributed by atoms with Gasteiger partial charge in [0, 0.05) is 25.3 Å². The molecule has 1 saturated carbocycles. The van der Waals surface area contributed by atoms with E-state index in [1.54, 1.807) is 23.6 Å². The molecule has 178 valence electrons. The van der Waals surface area contributed by atoms with Crippen LogP contribution in [0.4, 0.5) is 29.2 Å². The number of pyridine rings is 1. The Hall–Kier alpha value is -3.31. The van der Waals surface area contributed by atoms with Gasteiger partial charge in [0.05, 0.1) is 12.7 Å². The third kappa shape index (κ3) is 5.20. The van der Waals surface area contributed by atoms with Gasteiger partial charge in [-0.2, -0.15) is 5.10 Å². The topological polar surface area (TPSA) is 88.3 Å². The van der Waals surface area contributed by atoms with Crippen molar-refractivity contribution >= 4 is 23.2 Å². The smallest absolute Gasteiger partial charge is 0.281 e. The zero-order valence-electron chi connectivity index (χ0n) is 17.9. The van der Waals surface area contributed by atoms with Gasteiger partial charge in [0.25, 0.3) is 18.8 Å². The van der Waals surface area contributed by atoms with E-state index in [0.717, 1.165) is 12.8 Å². The van der Waals surface area contributed by atoms with Crippen molar-refractivity contribution in [3.63, 3.8) is 0 Å². The number of carbonyl (C=O) groups excluding carboxylic acids is 1. The molecule has 1 aliphatic rings. The van der Waals surface area contributed by atoms with Crippen molar-refractivity contribution in [2.45, 2.75) is 50.6 Å². The molecular weight excluding hydrogens is 442 g/mol. The standard InChI is InChI=1S/C21H25F4N7O/c1-31-20(26-10-16(22)23)14(9-27-31)21(33)29-13-7-5-12(6-8-13)28-17-3-2-4-18-30-15(19(24)25)11-32(17)18/h2-4,9,11-13,16,19,26,28H,5-8,10H2,1H3,(H,29,33). The molecule has 3 N–H and O–H groups in total. The molecular formula is C21H25F4N7O. The number of aryl methyl sites for hydroxylation is 1. The first kappa shape index (κ1) is 22.9. The van der Waals surface area contributed by atoms with E-state index in [9.17, 15) is 22.4 Å². The fourth-order valence-corrected chi connectivity index (χ4v) is 4.09. The van der Waals surface area contributed by atoms with E-state index in [1.165, 1.54) is 17.1 Å². The summed E-state index contributed by atoms with van der Waals surface area (Å²) in [5, 5.41) is 12.9. The van der Waals surface area contributed by atoms with Crippen molar-refractivity contribution in [2.24, 2.45) is 7.05 Å². The number of nitrogens with zero attached hydrogens (tertiary/aromatic N) is 4. The van der Waals surface area contributed by atoms with Crippen LogP contribution in [0, 0.1) is 0 Å². The van der Waals surface area contributed by atoms with Gasteiger partial charge < -0.3 is 16.0 Å². The fraction of sp³-hybridized carbons (Fsp3) is 0.476. The van der Waals surface area contributed by atoms with Gasteiger partial charge in [-0.1, -0.05) is 6.07 Å². The number of anilines is 2. The van der Waals surface area contributed by atoms with Crippen molar-refractivity contribution in [1.29, 1.82) is 0 Å². The molecule has 0 unspecified atom stereocenters. The minimum atomic E-state index is -2.64. The highest BCUT2D eigenvalue weighted by molar-refractivity contribution is 5.98. The second-order valence-electron chi connectivity index (χ2n) is 8.07. The number of carbonyl (C=O) groups is 1. The number of amides is 1. The van der Waals surface area contributed by atoms with Crippen molar-refractivity contribution in [3.8, 4) is 0 Å².